The Morgan fingerprint density at radius 3 is 2.13 bits per heavy atom. The predicted molar refractivity (Wildman–Crippen MR) is 163 cm³/mol. The molecular weight excluding hydrogens is 476 g/mol. The molecule has 0 saturated heterocycles. The van der Waals surface area contributed by atoms with Gasteiger partial charge < -0.3 is 9.80 Å². The number of hydrogen-bond acceptors (Lipinski definition) is 2. The quantitative estimate of drug-likeness (QED) is 0.335. The Labute approximate surface area is 229 Å². The molecule has 3 heteroatoms. The SMILES string of the molecule is C[Si]1(C)C2=CC3=C(CCCN3Cc3ccccc3)CC2=Cc2cc3c(cc21)N(Cc1ccccc1)CCC3. The molecule has 2 nitrogen and oxygen atoms in total. The van der Waals surface area contributed by atoms with Gasteiger partial charge in [0.15, 0.2) is 0 Å². The molecule has 0 radical (unpaired) electrons. The molecule has 192 valence electrons. The van der Waals surface area contributed by atoms with Crippen LogP contribution in [0.25, 0.3) is 6.08 Å². The van der Waals surface area contributed by atoms with Gasteiger partial charge in [0.05, 0.1) is 0 Å². The maximum Gasteiger partial charge on any atom is 0.113 e. The van der Waals surface area contributed by atoms with E-state index in [4.69, 9.17) is 0 Å². The van der Waals surface area contributed by atoms with Gasteiger partial charge >= 0.3 is 0 Å². The van der Waals surface area contributed by atoms with Crippen molar-refractivity contribution in [3.63, 3.8) is 0 Å². The second-order valence-electron chi connectivity index (χ2n) is 12.1. The van der Waals surface area contributed by atoms with Crippen molar-refractivity contribution in [2.75, 3.05) is 18.0 Å². The third-order valence-corrected chi connectivity index (χ3v) is 12.8. The van der Waals surface area contributed by atoms with Crippen molar-refractivity contribution in [3.05, 3.63) is 123 Å². The molecule has 0 unspecified atom stereocenters. The Morgan fingerprint density at radius 2 is 1.39 bits per heavy atom. The van der Waals surface area contributed by atoms with Gasteiger partial charge in [-0.3, -0.25) is 0 Å². The second kappa shape index (κ2) is 9.46. The smallest absolute Gasteiger partial charge is 0.113 e. The number of hydrogen-bond donors (Lipinski definition) is 0. The molecule has 3 aromatic carbocycles. The lowest BCUT2D eigenvalue weighted by Crippen LogP contribution is -2.49. The van der Waals surface area contributed by atoms with Gasteiger partial charge in [0.2, 0.25) is 0 Å². The summed E-state index contributed by atoms with van der Waals surface area (Å²) in [4.78, 5) is 5.29. The van der Waals surface area contributed by atoms with Crippen molar-refractivity contribution >= 4 is 25.0 Å². The average Bonchev–Trinajstić information content (AvgIpc) is 2.93. The third kappa shape index (κ3) is 4.18. The minimum absolute atomic E-state index is 1.00. The molecule has 7 rings (SSSR count). The lowest BCUT2D eigenvalue weighted by atomic mass is 9.88. The largest absolute Gasteiger partial charge is 0.367 e. The van der Waals surface area contributed by atoms with Gasteiger partial charge in [-0.25, -0.2) is 0 Å². The van der Waals surface area contributed by atoms with E-state index in [-0.39, 0.29) is 0 Å². The zero-order valence-corrected chi connectivity index (χ0v) is 23.8. The fourth-order valence-electron chi connectivity index (χ4n) is 7.25. The molecule has 3 heterocycles. The van der Waals surface area contributed by atoms with Gasteiger partial charge in [-0.2, -0.15) is 0 Å². The van der Waals surface area contributed by atoms with E-state index in [0.717, 1.165) is 32.6 Å². The van der Waals surface area contributed by atoms with E-state index in [1.54, 1.807) is 27.1 Å². The summed E-state index contributed by atoms with van der Waals surface area (Å²) >= 11 is 0. The summed E-state index contributed by atoms with van der Waals surface area (Å²) in [5.41, 5.74) is 12.1. The van der Waals surface area contributed by atoms with Gasteiger partial charge in [0.1, 0.15) is 8.07 Å². The summed E-state index contributed by atoms with van der Waals surface area (Å²) < 4.78 is 0. The van der Waals surface area contributed by atoms with Crippen LogP contribution in [0.4, 0.5) is 5.69 Å². The first-order chi connectivity index (χ1) is 18.6. The van der Waals surface area contributed by atoms with Crippen LogP contribution in [0.5, 0.6) is 0 Å². The lowest BCUT2D eigenvalue weighted by Gasteiger charge is -2.42. The topological polar surface area (TPSA) is 6.48 Å². The maximum atomic E-state index is 2.66. The third-order valence-electron chi connectivity index (χ3n) is 9.21. The van der Waals surface area contributed by atoms with Crippen molar-refractivity contribution in [3.8, 4) is 0 Å². The van der Waals surface area contributed by atoms with Gasteiger partial charge in [-0.15, -0.1) is 0 Å². The molecule has 0 bridgehead atoms. The van der Waals surface area contributed by atoms with E-state index in [2.05, 4.69) is 108 Å². The summed E-state index contributed by atoms with van der Waals surface area (Å²) in [5.74, 6) is 0. The number of rotatable bonds is 4. The molecule has 38 heavy (non-hydrogen) atoms. The Morgan fingerprint density at radius 1 is 0.737 bits per heavy atom. The van der Waals surface area contributed by atoms with Crippen molar-refractivity contribution in [2.24, 2.45) is 0 Å². The molecule has 0 saturated carbocycles. The van der Waals surface area contributed by atoms with Crippen molar-refractivity contribution in [1.82, 2.24) is 4.90 Å². The first-order valence-electron chi connectivity index (χ1n) is 14.5. The van der Waals surface area contributed by atoms with Crippen molar-refractivity contribution < 1.29 is 0 Å². The Kier molecular flexibility index (Phi) is 5.92. The van der Waals surface area contributed by atoms with Crippen LogP contribution in [0.2, 0.25) is 13.1 Å². The Balaban J connectivity index is 1.26. The van der Waals surface area contributed by atoms with Crippen molar-refractivity contribution in [2.45, 2.75) is 58.3 Å². The van der Waals surface area contributed by atoms with E-state index in [0.29, 0.717) is 0 Å². The fourth-order valence-corrected chi connectivity index (χ4v) is 10.4. The highest BCUT2D eigenvalue weighted by Gasteiger charge is 2.39. The van der Waals surface area contributed by atoms with Crippen LogP contribution in [0.3, 0.4) is 0 Å². The highest BCUT2D eigenvalue weighted by atomic mass is 28.3. The van der Waals surface area contributed by atoms with Gasteiger partial charge in [-0.1, -0.05) is 79.8 Å². The molecule has 0 amide bonds. The molecule has 0 aromatic heterocycles. The van der Waals surface area contributed by atoms with Crippen LogP contribution < -0.4 is 10.1 Å². The van der Waals surface area contributed by atoms with E-state index in [1.165, 1.54) is 53.8 Å². The molecule has 3 aliphatic heterocycles. The molecule has 3 aromatic rings. The highest BCUT2D eigenvalue weighted by Crippen LogP contribution is 2.43. The lowest BCUT2D eigenvalue weighted by molar-refractivity contribution is 0.316. The summed E-state index contributed by atoms with van der Waals surface area (Å²) in [6.07, 6.45) is 11.3. The summed E-state index contributed by atoms with van der Waals surface area (Å²) in [6, 6.07) is 27.2. The highest BCUT2D eigenvalue weighted by molar-refractivity contribution is 6.97. The van der Waals surface area contributed by atoms with Gasteiger partial charge in [0.25, 0.3) is 0 Å². The Bertz CT molecular complexity index is 1460. The van der Waals surface area contributed by atoms with Gasteiger partial charge in [-0.05, 0) is 94.1 Å². The van der Waals surface area contributed by atoms with Crippen LogP contribution in [0.1, 0.15) is 47.9 Å². The molecule has 0 N–H and O–H groups in total. The number of benzene rings is 3. The summed E-state index contributed by atoms with van der Waals surface area (Å²) in [6.45, 7) is 9.52. The normalized spacial score (nSPS) is 19.6. The number of anilines is 1. The number of fused-ring (bicyclic) bond motifs is 3. The van der Waals surface area contributed by atoms with Gasteiger partial charge in [0, 0.05) is 37.6 Å². The molecule has 0 atom stereocenters. The molecule has 4 aliphatic rings. The molecule has 1 aliphatic carbocycles. The van der Waals surface area contributed by atoms with E-state index in [1.807, 2.05) is 0 Å². The molecule has 0 fully saturated rings. The average molecular weight is 515 g/mol. The molecular formula is C35H38N2Si. The minimum Gasteiger partial charge on any atom is -0.367 e. The second-order valence-corrected chi connectivity index (χ2v) is 16.4. The predicted octanol–water partition coefficient (Wildman–Crippen LogP) is 7.37. The zero-order chi connectivity index (χ0) is 25.7. The standard InChI is InChI=1S/C35H38N2Si/c1-38(2)34-22-32-28(15-9-17-36(32)24-26-11-5-3-6-12-26)19-30(34)21-31-20-29-16-10-18-37(33(29)23-35(31)38)25-27-13-7-4-8-14-27/h3-8,11-14,19,21-23H,9-10,15-18,20,24-25H2,1-2H3. The maximum absolute atomic E-state index is 2.66. The monoisotopic (exact) mass is 514 g/mol. The van der Waals surface area contributed by atoms with Crippen LogP contribution in [-0.4, -0.2) is 26.1 Å². The fraction of sp³-hybridized carbons (Fsp3) is 0.314. The number of allylic oxidation sites excluding steroid dienone is 4. The Hall–Kier alpha value is -3.30. The first-order valence-corrected chi connectivity index (χ1v) is 17.5. The van der Waals surface area contributed by atoms with Crippen LogP contribution >= 0.6 is 0 Å². The first kappa shape index (κ1) is 23.8. The van der Waals surface area contributed by atoms with Crippen LogP contribution in [0.15, 0.2) is 101 Å². The number of nitrogens with zero attached hydrogens (tertiary/aromatic N) is 2. The van der Waals surface area contributed by atoms with E-state index in [9.17, 15) is 0 Å². The minimum atomic E-state index is -1.85. The van der Waals surface area contributed by atoms with Crippen molar-refractivity contribution in [1.29, 1.82) is 0 Å². The summed E-state index contributed by atoms with van der Waals surface area (Å²) in [7, 11) is -1.85. The van der Waals surface area contributed by atoms with E-state index < -0.39 is 8.07 Å². The van der Waals surface area contributed by atoms with Crippen LogP contribution in [-0.2, 0) is 19.5 Å². The number of aryl methyl sites for hydroxylation is 1. The summed E-state index contributed by atoms with van der Waals surface area (Å²) in [5, 5.41) is 3.29. The van der Waals surface area contributed by atoms with Crippen LogP contribution in [0, 0.1) is 0 Å². The molecule has 0 spiro atoms. The van der Waals surface area contributed by atoms with E-state index >= 15 is 0 Å². The zero-order valence-electron chi connectivity index (χ0n) is 22.8.